The second kappa shape index (κ2) is 5.76. The molecular weight excluding hydrogens is 376 g/mol. The van der Waals surface area contributed by atoms with Crippen molar-refractivity contribution in [2.45, 2.75) is 0 Å². The van der Waals surface area contributed by atoms with E-state index < -0.39 is 0 Å². The summed E-state index contributed by atoms with van der Waals surface area (Å²) in [6.45, 7) is 2.82. The Kier molecular flexibility index (Phi) is 3.30. The highest BCUT2D eigenvalue weighted by Gasteiger charge is 2.32. The fraction of sp³-hybridized carbons (Fsp3) is 0.250. The molecule has 0 radical (unpaired) electrons. The van der Waals surface area contributed by atoms with Crippen molar-refractivity contribution in [1.29, 1.82) is 0 Å². The van der Waals surface area contributed by atoms with E-state index in [0.717, 1.165) is 40.4 Å². The van der Waals surface area contributed by atoms with E-state index in [1.165, 1.54) is 0 Å². The smallest absolute Gasteiger partial charge is 0.258 e. The van der Waals surface area contributed by atoms with Gasteiger partial charge in [-0.1, -0.05) is 6.07 Å². The van der Waals surface area contributed by atoms with E-state index in [0.29, 0.717) is 35.8 Å². The van der Waals surface area contributed by atoms with Crippen LogP contribution in [-0.2, 0) is 4.74 Å². The van der Waals surface area contributed by atoms with Crippen molar-refractivity contribution < 1.29 is 13.9 Å². The zero-order chi connectivity index (χ0) is 18.8. The Morgan fingerprint density at radius 2 is 2.00 bits per heavy atom. The molecule has 0 aliphatic carbocycles. The van der Waals surface area contributed by atoms with E-state index in [2.05, 4.69) is 4.90 Å². The molecule has 0 spiro atoms. The number of rotatable bonds is 2. The van der Waals surface area contributed by atoms with E-state index in [4.69, 9.17) is 19.1 Å². The van der Waals surface area contributed by atoms with Crippen LogP contribution in [-0.4, -0.2) is 49.2 Å². The van der Waals surface area contributed by atoms with Crippen LogP contribution in [0.15, 0.2) is 34.1 Å². The molecule has 2 aliphatic heterocycles. The van der Waals surface area contributed by atoms with Crippen LogP contribution in [0.1, 0.15) is 10.4 Å². The van der Waals surface area contributed by atoms with Crippen molar-refractivity contribution in [2.75, 3.05) is 43.2 Å². The Morgan fingerprint density at radius 3 is 2.79 bits per heavy atom. The topological polar surface area (TPSA) is 71.7 Å². The van der Waals surface area contributed by atoms with Crippen LogP contribution in [0.5, 0.6) is 0 Å². The molecule has 0 bridgehead atoms. The third kappa shape index (κ3) is 2.15. The molecule has 0 N–H and O–H groups in total. The summed E-state index contributed by atoms with van der Waals surface area (Å²) in [6, 6.07) is 7.75. The molecule has 7 nitrogen and oxygen atoms in total. The van der Waals surface area contributed by atoms with E-state index in [-0.39, 0.29) is 5.91 Å². The zero-order valence-corrected chi connectivity index (χ0v) is 16.0. The van der Waals surface area contributed by atoms with Gasteiger partial charge < -0.3 is 19.0 Å². The maximum absolute atomic E-state index is 12.9. The Labute approximate surface area is 164 Å². The summed E-state index contributed by atoms with van der Waals surface area (Å²) >= 11 is 1.58. The Morgan fingerprint density at radius 1 is 1.14 bits per heavy atom. The van der Waals surface area contributed by atoms with Crippen LogP contribution in [0.3, 0.4) is 0 Å². The normalized spacial score (nSPS) is 16.7. The van der Waals surface area contributed by atoms with Crippen molar-refractivity contribution in [1.82, 2.24) is 9.97 Å². The van der Waals surface area contributed by atoms with Gasteiger partial charge in [-0.25, -0.2) is 9.97 Å². The van der Waals surface area contributed by atoms with E-state index in [1.54, 1.807) is 23.3 Å². The van der Waals surface area contributed by atoms with Gasteiger partial charge in [0.05, 0.1) is 29.3 Å². The third-order valence-electron chi connectivity index (χ3n) is 5.37. The molecule has 3 aromatic heterocycles. The first kappa shape index (κ1) is 16.0. The molecule has 8 heteroatoms. The standard InChI is InChI=1S/C20H16N4O3S/c1-23-12-10-13-17(22-19(27-13)14-3-2-8-28-14)18-16(12)11(20(23)25)9-15(21-18)24-4-6-26-7-5-24/h2-3,8-10H,4-7H2,1H3. The number of nitrogens with zero attached hydrogens (tertiary/aromatic N) is 4. The maximum Gasteiger partial charge on any atom is 0.258 e. The number of amides is 1. The SMILES string of the molecule is CN1C(=O)c2cc(N3CCOCC3)nc3c2c1cc1oc(-c2cccs2)nc13. The summed E-state index contributed by atoms with van der Waals surface area (Å²) in [5.41, 5.74) is 3.55. The summed E-state index contributed by atoms with van der Waals surface area (Å²) in [5, 5.41) is 2.85. The number of aromatic nitrogens is 2. The minimum Gasteiger partial charge on any atom is -0.435 e. The lowest BCUT2D eigenvalue weighted by Crippen LogP contribution is -2.36. The summed E-state index contributed by atoms with van der Waals surface area (Å²) < 4.78 is 11.5. The van der Waals surface area contributed by atoms with Gasteiger partial charge in [0.1, 0.15) is 16.9 Å². The molecule has 1 amide bonds. The third-order valence-corrected chi connectivity index (χ3v) is 6.23. The number of benzene rings is 1. The highest BCUT2D eigenvalue weighted by Crippen LogP contribution is 2.42. The number of oxazole rings is 1. The highest BCUT2D eigenvalue weighted by atomic mass is 32.1. The number of carbonyl (C=O) groups excluding carboxylic acids is 1. The second-order valence-electron chi connectivity index (χ2n) is 6.95. The van der Waals surface area contributed by atoms with Crippen molar-refractivity contribution in [3.63, 3.8) is 0 Å². The van der Waals surface area contributed by atoms with Crippen molar-refractivity contribution >= 4 is 50.8 Å². The summed E-state index contributed by atoms with van der Waals surface area (Å²) in [5.74, 6) is 1.34. The van der Waals surface area contributed by atoms with Gasteiger partial charge in [0.15, 0.2) is 5.58 Å². The minimum absolute atomic E-state index is 0.0250. The van der Waals surface area contributed by atoms with Crippen LogP contribution < -0.4 is 9.80 Å². The van der Waals surface area contributed by atoms with Gasteiger partial charge >= 0.3 is 0 Å². The number of anilines is 2. The van der Waals surface area contributed by atoms with E-state index >= 15 is 0 Å². The van der Waals surface area contributed by atoms with Crippen LogP contribution >= 0.6 is 11.3 Å². The number of carbonyl (C=O) groups is 1. The van der Waals surface area contributed by atoms with Crippen LogP contribution in [0.25, 0.3) is 32.8 Å². The fourth-order valence-corrected chi connectivity index (χ4v) is 4.59. The molecule has 0 atom stereocenters. The molecule has 2 aliphatic rings. The molecule has 1 aromatic carbocycles. The predicted molar refractivity (Wildman–Crippen MR) is 108 cm³/mol. The van der Waals surface area contributed by atoms with Crippen LogP contribution in [0.2, 0.25) is 0 Å². The molecule has 140 valence electrons. The number of thiophene rings is 1. The molecule has 1 saturated heterocycles. The molecule has 1 fully saturated rings. The molecule has 0 saturated carbocycles. The van der Waals surface area contributed by atoms with Crippen molar-refractivity contribution in [3.05, 3.63) is 35.2 Å². The van der Waals surface area contributed by atoms with E-state index in [9.17, 15) is 4.79 Å². The number of hydrogen-bond donors (Lipinski definition) is 0. The van der Waals surface area contributed by atoms with Gasteiger partial charge in [0.2, 0.25) is 5.89 Å². The predicted octanol–water partition coefficient (Wildman–Crippen LogP) is 3.53. The molecule has 5 heterocycles. The average molecular weight is 392 g/mol. The Hall–Kier alpha value is -2.97. The lowest BCUT2D eigenvalue weighted by atomic mass is 10.1. The van der Waals surface area contributed by atoms with Crippen LogP contribution in [0.4, 0.5) is 11.5 Å². The minimum atomic E-state index is -0.0250. The van der Waals surface area contributed by atoms with Crippen molar-refractivity contribution in [2.24, 2.45) is 0 Å². The number of morpholine rings is 1. The van der Waals surface area contributed by atoms with Crippen molar-refractivity contribution in [3.8, 4) is 10.8 Å². The number of pyridine rings is 1. The average Bonchev–Trinajstić information content (AvgIpc) is 3.45. The van der Waals surface area contributed by atoms with Gasteiger partial charge in [0, 0.05) is 31.6 Å². The first-order valence-electron chi connectivity index (χ1n) is 9.13. The summed E-state index contributed by atoms with van der Waals surface area (Å²) in [4.78, 5) is 27.3. The highest BCUT2D eigenvalue weighted by molar-refractivity contribution is 7.13. The Balaban J connectivity index is 1.65. The van der Waals surface area contributed by atoms with Gasteiger partial charge in [0.25, 0.3) is 5.91 Å². The second-order valence-corrected chi connectivity index (χ2v) is 7.90. The van der Waals surface area contributed by atoms with E-state index in [1.807, 2.05) is 29.6 Å². The molecular formula is C20H16N4O3S. The molecule has 28 heavy (non-hydrogen) atoms. The first-order valence-corrected chi connectivity index (χ1v) is 10.0. The van der Waals surface area contributed by atoms with Gasteiger partial charge in [-0.2, -0.15) is 0 Å². The lowest BCUT2D eigenvalue weighted by molar-refractivity contribution is 0.0999. The number of ether oxygens (including phenoxy) is 1. The lowest BCUT2D eigenvalue weighted by Gasteiger charge is -2.28. The van der Waals surface area contributed by atoms with Gasteiger partial charge in [-0.05, 0) is 17.5 Å². The molecule has 4 aromatic rings. The molecule has 6 rings (SSSR count). The zero-order valence-electron chi connectivity index (χ0n) is 15.1. The molecule has 0 unspecified atom stereocenters. The largest absolute Gasteiger partial charge is 0.435 e. The van der Waals surface area contributed by atoms with Crippen LogP contribution in [0, 0.1) is 0 Å². The van der Waals surface area contributed by atoms with Gasteiger partial charge in [-0.3, -0.25) is 4.79 Å². The quantitative estimate of drug-likeness (QED) is 0.520. The first-order chi connectivity index (χ1) is 13.7. The summed E-state index contributed by atoms with van der Waals surface area (Å²) in [6.07, 6.45) is 0. The fourth-order valence-electron chi connectivity index (χ4n) is 3.94. The summed E-state index contributed by atoms with van der Waals surface area (Å²) in [7, 11) is 1.79. The number of fused-ring (bicyclic) bond motifs is 2. The monoisotopic (exact) mass is 392 g/mol. The number of hydrogen-bond acceptors (Lipinski definition) is 7. The Bertz CT molecular complexity index is 1240. The maximum atomic E-state index is 12.9. The van der Waals surface area contributed by atoms with Gasteiger partial charge in [-0.15, -0.1) is 11.3 Å².